The molecule has 0 aliphatic carbocycles. The van der Waals surface area contributed by atoms with Gasteiger partial charge in [0.05, 0.1) is 23.7 Å². The first-order chi connectivity index (χ1) is 8.34. The number of aromatic nitrogens is 1. The molecule has 1 atom stereocenters. The van der Waals surface area contributed by atoms with Crippen LogP contribution in [0.25, 0.3) is 10.9 Å². The van der Waals surface area contributed by atoms with Gasteiger partial charge in [-0.05, 0) is 18.2 Å². The SMILES string of the molecule is OC(c1ccoc1)c1ccc2ccccc2n1. The number of hydrogen-bond donors (Lipinski definition) is 1. The number of nitrogens with zero attached hydrogens (tertiary/aromatic N) is 1. The summed E-state index contributed by atoms with van der Waals surface area (Å²) in [4.78, 5) is 4.44. The molecule has 17 heavy (non-hydrogen) atoms. The van der Waals surface area contributed by atoms with Crippen LogP contribution in [0.4, 0.5) is 0 Å². The van der Waals surface area contributed by atoms with Crippen LogP contribution in [0, 0.1) is 0 Å². The van der Waals surface area contributed by atoms with E-state index in [0.717, 1.165) is 10.9 Å². The van der Waals surface area contributed by atoms with E-state index in [0.29, 0.717) is 11.3 Å². The van der Waals surface area contributed by atoms with Gasteiger partial charge in [0.1, 0.15) is 6.10 Å². The first-order valence-electron chi connectivity index (χ1n) is 5.40. The van der Waals surface area contributed by atoms with E-state index in [1.54, 1.807) is 12.3 Å². The molecule has 0 saturated carbocycles. The first kappa shape index (κ1) is 10.1. The molecule has 1 N–H and O–H groups in total. The van der Waals surface area contributed by atoms with Crippen LogP contribution in [0.2, 0.25) is 0 Å². The van der Waals surface area contributed by atoms with Crippen LogP contribution in [0.15, 0.2) is 59.4 Å². The summed E-state index contributed by atoms with van der Waals surface area (Å²) in [6.07, 6.45) is 2.33. The van der Waals surface area contributed by atoms with Gasteiger partial charge in [-0.3, -0.25) is 0 Å². The van der Waals surface area contributed by atoms with Crippen LogP contribution < -0.4 is 0 Å². The highest BCUT2D eigenvalue weighted by Crippen LogP contribution is 2.22. The van der Waals surface area contributed by atoms with Gasteiger partial charge in [0, 0.05) is 10.9 Å². The third-order valence-corrected chi connectivity index (χ3v) is 2.76. The van der Waals surface area contributed by atoms with Crippen molar-refractivity contribution in [3.05, 3.63) is 66.2 Å². The molecule has 0 bridgehead atoms. The summed E-state index contributed by atoms with van der Waals surface area (Å²) in [5.74, 6) is 0. The quantitative estimate of drug-likeness (QED) is 0.729. The number of aliphatic hydroxyl groups excluding tert-OH is 1. The number of aliphatic hydroxyl groups is 1. The summed E-state index contributed by atoms with van der Waals surface area (Å²) in [5, 5.41) is 11.2. The number of benzene rings is 1. The predicted molar refractivity (Wildman–Crippen MR) is 64.5 cm³/mol. The Hall–Kier alpha value is -2.13. The van der Waals surface area contributed by atoms with Crippen molar-refractivity contribution in [3.8, 4) is 0 Å². The molecule has 2 aromatic heterocycles. The molecule has 0 saturated heterocycles. The van der Waals surface area contributed by atoms with Gasteiger partial charge in [0.2, 0.25) is 0 Å². The van der Waals surface area contributed by atoms with Crippen LogP contribution in [0.1, 0.15) is 17.4 Å². The second kappa shape index (κ2) is 4.03. The molecule has 0 aliphatic heterocycles. The minimum absolute atomic E-state index is 0.630. The van der Waals surface area contributed by atoms with E-state index in [-0.39, 0.29) is 0 Å². The monoisotopic (exact) mass is 225 g/mol. The summed E-state index contributed by atoms with van der Waals surface area (Å²) >= 11 is 0. The maximum absolute atomic E-state index is 10.1. The molecule has 3 aromatic rings. The Balaban J connectivity index is 2.06. The minimum atomic E-state index is -0.738. The zero-order valence-corrected chi connectivity index (χ0v) is 9.08. The second-order valence-electron chi connectivity index (χ2n) is 3.89. The maximum atomic E-state index is 10.1. The third-order valence-electron chi connectivity index (χ3n) is 2.76. The van der Waals surface area contributed by atoms with Crippen molar-refractivity contribution in [3.63, 3.8) is 0 Å². The number of fused-ring (bicyclic) bond motifs is 1. The van der Waals surface area contributed by atoms with Crippen LogP contribution in [0.5, 0.6) is 0 Å². The van der Waals surface area contributed by atoms with E-state index >= 15 is 0 Å². The van der Waals surface area contributed by atoms with Gasteiger partial charge in [0.25, 0.3) is 0 Å². The lowest BCUT2D eigenvalue weighted by Crippen LogP contribution is -2.00. The molecule has 3 rings (SSSR count). The highest BCUT2D eigenvalue weighted by molar-refractivity contribution is 5.78. The Morgan fingerprint density at radius 1 is 1.06 bits per heavy atom. The van der Waals surface area contributed by atoms with Crippen molar-refractivity contribution in [2.75, 3.05) is 0 Å². The summed E-state index contributed by atoms with van der Waals surface area (Å²) in [6.45, 7) is 0. The van der Waals surface area contributed by atoms with E-state index in [4.69, 9.17) is 4.42 Å². The van der Waals surface area contributed by atoms with Crippen molar-refractivity contribution in [2.45, 2.75) is 6.10 Å². The van der Waals surface area contributed by atoms with E-state index < -0.39 is 6.10 Å². The molecule has 2 heterocycles. The molecule has 3 heteroatoms. The fourth-order valence-corrected chi connectivity index (χ4v) is 1.84. The normalized spacial score (nSPS) is 12.8. The second-order valence-corrected chi connectivity index (χ2v) is 3.89. The van der Waals surface area contributed by atoms with E-state index in [1.165, 1.54) is 6.26 Å². The van der Waals surface area contributed by atoms with Crippen LogP contribution in [-0.2, 0) is 0 Å². The zero-order chi connectivity index (χ0) is 11.7. The van der Waals surface area contributed by atoms with Gasteiger partial charge in [-0.15, -0.1) is 0 Å². The van der Waals surface area contributed by atoms with Crippen molar-refractivity contribution < 1.29 is 9.52 Å². The minimum Gasteiger partial charge on any atom is -0.472 e. The standard InChI is InChI=1S/C14H11NO2/c16-14(11-7-8-17-9-11)13-6-5-10-3-1-2-4-12(10)15-13/h1-9,14,16H. The lowest BCUT2D eigenvalue weighted by molar-refractivity contribution is 0.214. The topological polar surface area (TPSA) is 46.3 Å². The lowest BCUT2D eigenvalue weighted by Gasteiger charge is -2.08. The highest BCUT2D eigenvalue weighted by Gasteiger charge is 2.13. The smallest absolute Gasteiger partial charge is 0.124 e. The maximum Gasteiger partial charge on any atom is 0.124 e. The molecular formula is C14H11NO2. The Labute approximate surface area is 98.3 Å². The highest BCUT2D eigenvalue weighted by atomic mass is 16.3. The Kier molecular flexibility index (Phi) is 2.38. The van der Waals surface area contributed by atoms with Gasteiger partial charge in [-0.1, -0.05) is 24.3 Å². The fourth-order valence-electron chi connectivity index (χ4n) is 1.84. The summed E-state index contributed by atoms with van der Waals surface area (Å²) in [6, 6.07) is 13.4. The van der Waals surface area contributed by atoms with Crippen LogP contribution in [0.3, 0.4) is 0 Å². The first-order valence-corrected chi connectivity index (χ1v) is 5.40. The molecule has 0 aliphatic rings. The molecule has 1 aromatic carbocycles. The van der Waals surface area contributed by atoms with Crippen LogP contribution in [-0.4, -0.2) is 10.1 Å². The molecule has 3 nitrogen and oxygen atoms in total. The molecule has 84 valence electrons. The van der Waals surface area contributed by atoms with E-state index in [9.17, 15) is 5.11 Å². The van der Waals surface area contributed by atoms with Crippen molar-refractivity contribution >= 4 is 10.9 Å². The number of furan rings is 1. The molecule has 1 unspecified atom stereocenters. The average Bonchev–Trinajstić information content (AvgIpc) is 2.91. The lowest BCUT2D eigenvalue weighted by atomic mass is 10.1. The Morgan fingerprint density at radius 2 is 1.94 bits per heavy atom. The molecule has 0 amide bonds. The predicted octanol–water partition coefficient (Wildman–Crippen LogP) is 2.91. The van der Waals surface area contributed by atoms with Crippen molar-refractivity contribution in [1.29, 1.82) is 0 Å². The zero-order valence-electron chi connectivity index (χ0n) is 9.08. The van der Waals surface area contributed by atoms with Gasteiger partial charge in [-0.25, -0.2) is 4.98 Å². The van der Waals surface area contributed by atoms with E-state index in [1.807, 2.05) is 36.4 Å². The largest absolute Gasteiger partial charge is 0.472 e. The number of para-hydroxylation sites is 1. The van der Waals surface area contributed by atoms with E-state index in [2.05, 4.69) is 4.98 Å². The summed E-state index contributed by atoms with van der Waals surface area (Å²) in [5.41, 5.74) is 2.23. The Bertz CT molecular complexity index is 632. The van der Waals surface area contributed by atoms with Gasteiger partial charge in [0.15, 0.2) is 0 Å². The van der Waals surface area contributed by atoms with Crippen LogP contribution >= 0.6 is 0 Å². The van der Waals surface area contributed by atoms with Crippen molar-refractivity contribution in [1.82, 2.24) is 4.98 Å². The summed E-state index contributed by atoms with van der Waals surface area (Å²) in [7, 11) is 0. The van der Waals surface area contributed by atoms with Gasteiger partial charge in [-0.2, -0.15) is 0 Å². The molecule has 0 radical (unpaired) electrons. The van der Waals surface area contributed by atoms with Gasteiger partial charge < -0.3 is 9.52 Å². The molecule has 0 fully saturated rings. The number of hydrogen-bond acceptors (Lipinski definition) is 3. The summed E-state index contributed by atoms with van der Waals surface area (Å²) < 4.78 is 4.96. The van der Waals surface area contributed by atoms with Gasteiger partial charge >= 0.3 is 0 Å². The number of rotatable bonds is 2. The molecular weight excluding hydrogens is 214 g/mol. The third kappa shape index (κ3) is 1.81. The average molecular weight is 225 g/mol. The van der Waals surface area contributed by atoms with Crippen molar-refractivity contribution in [2.24, 2.45) is 0 Å². The number of pyridine rings is 1. The Morgan fingerprint density at radius 3 is 2.76 bits per heavy atom. The fraction of sp³-hybridized carbons (Fsp3) is 0.0714. The molecule has 0 spiro atoms.